The third-order valence-electron chi connectivity index (χ3n) is 2.96. The van der Waals surface area contributed by atoms with Gasteiger partial charge in [-0.15, -0.1) is 0 Å². The van der Waals surface area contributed by atoms with Gasteiger partial charge in [-0.2, -0.15) is 5.26 Å². The zero-order chi connectivity index (χ0) is 11.9. The molecule has 1 aromatic carbocycles. The van der Waals surface area contributed by atoms with Gasteiger partial charge in [-0.05, 0) is 18.9 Å². The fourth-order valence-electron chi connectivity index (χ4n) is 2.03. The topological polar surface area (TPSA) is 42.2 Å². The number of nitriles is 1. The molecule has 3 nitrogen and oxygen atoms in total. The first-order valence-corrected chi connectivity index (χ1v) is 6.08. The van der Waals surface area contributed by atoms with E-state index in [-0.39, 0.29) is 5.92 Å². The molecule has 0 aromatic heterocycles. The summed E-state index contributed by atoms with van der Waals surface area (Å²) >= 11 is 0. The van der Waals surface area contributed by atoms with Gasteiger partial charge in [0.15, 0.2) is 0 Å². The SMILES string of the molecule is N#CCC1COCCCCOc2ccccc21. The van der Waals surface area contributed by atoms with Crippen LogP contribution in [-0.2, 0) is 4.74 Å². The fourth-order valence-corrected chi connectivity index (χ4v) is 2.03. The highest BCUT2D eigenvalue weighted by molar-refractivity contribution is 5.37. The zero-order valence-electron chi connectivity index (χ0n) is 9.89. The lowest BCUT2D eigenvalue weighted by Gasteiger charge is -2.20. The predicted molar refractivity (Wildman–Crippen MR) is 65.0 cm³/mol. The number of ether oxygens (including phenoxy) is 2. The Bertz CT molecular complexity index is 397. The molecule has 1 unspecified atom stereocenters. The second kappa shape index (κ2) is 6.27. The average Bonchev–Trinajstić information content (AvgIpc) is 2.37. The molecule has 0 saturated carbocycles. The lowest BCUT2D eigenvalue weighted by Crippen LogP contribution is -2.13. The normalized spacial score (nSPS) is 20.8. The van der Waals surface area contributed by atoms with Gasteiger partial charge in [0, 0.05) is 24.5 Å². The lowest BCUT2D eigenvalue weighted by molar-refractivity contribution is 0.108. The molecule has 0 saturated heterocycles. The van der Waals surface area contributed by atoms with Gasteiger partial charge in [-0.25, -0.2) is 0 Å². The fraction of sp³-hybridized carbons (Fsp3) is 0.500. The molecule has 1 aliphatic rings. The van der Waals surface area contributed by atoms with Crippen molar-refractivity contribution in [2.45, 2.75) is 25.2 Å². The van der Waals surface area contributed by atoms with Crippen LogP contribution >= 0.6 is 0 Å². The summed E-state index contributed by atoms with van der Waals surface area (Å²) in [5.41, 5.74) is 1.09. The van der Waals surface area contributed by atoms with Crippen LogP contribution in [0.1, 0.15) is 30.7 Å². The maximum absolute atomic E-state index is 8.89. The summed E-state index contributed by atoms with van der Waals surface area (Å²) in [5.74, 6) is 1.02. The van der Waals surface area contributed by atoms with Crippen molar-refractivity contribution >= 4 is 0 Å². The van der Waals surface area contributed by atoms with Gasteiger partial charge in [-0.1, -0.05) is 18.2 Å². The molecule has 90 valence electrons. The smallest absolute Gasteiger partial charge is 0.122 e. The molecule has 17 heavy (non-hydrogen) atoms. The Labute approximate surface area is 102 Å². The first-order chi connectivity index (χ1) is 8.42. The highest BCUT2D eigenvalue weighted by Crippen LogP contribution is 2.29. The van der Waals surface area contributed by atoms with Crippen molar-refractivity contribution in [3.8, 4) is 11.8 Å². The Morgan fingerprint density at radius 2 is 2.06 bits per heavy atom. The van der Waals surface area contributed by atoms with E-state index in [1.54, 1.807) is 0 Å². The molecule has 0 bridgehead atoms. The van der Waals surface area contributed by atoms with Crippen LogP contribution in [0.3, 0.4) is 0 Å². The lowest BCUT2D eigenvalue weighted by atomic mass is 9.96. The third kappa shape index (κ3) is 3.21. The van der Waals surface area contributed by atoms with Crippen molar-refractivity contribution in [1.82, 2.24) is 0 Å². The number of para-hydroxylation sites is 1. The van der Waals surface area contributed by atoms with Crippen molar-refractivity contribution < 1.29 is 9.47 Å². The van der Waals surface area contributed by atoms with Crippen LogP contribution in [0.2, 0.25) is 0 Å². The molecular weight excluding hydrogens is 214 g/mol. The summed E-state index contributed by atoms with van der Waals surface area (Å²) in [6.45, 7) is 2.08. The molecule has 1 atom stereocenters. The molecule has 0 aliphatic carbocycles. The van der Waals surface area contributed by atoms with Gasteiger partial charge in [0.05, 0.1) is 19.3 Å². The van der Waals surface area contributed by atoms with E-state index in [0.717, 1.165) is 37.4 Å². The van der Waals surface area contributed by atoms with Crippen molar-refractivity contribution in [2.75, 3.05) is 19.8 Å². The standard InChI is InChI=1S/C14H17NO2/c15-8-7-12-11-16-9-3-4-10-17-14-6-2-1-5-13(12)14/h1-2,5-6,12H,3-4,7,9-11H2. The van der Waals surface area contributed by atoms with Crippen LogP contribution in [0.15, 0.2) is 24.3 Å². The first-order valence-electron chi connectivity index (χ1n) is 6.08. The van der Waals surface area contributed by atoms with E-state index < -0.39 is 0 Å². The van der Waals surface area contributed by atoms with Crippen LogP contribution in [-0.4, -0.2) is 19.8 Å². The van der Waals surface area contributed by atoms with E-state index in [0.29, 0.717) is 13.0 Å². The van der Waals surface area contributed by atoms with Crippen LogP contribution in [0.25, 0.3) is 0 Å². The highest BCUT2D eigenvalue weighted by atomic mass is 16.5. The maximum Gasteiger partial charge on any atom is 0.122 e. The molecule has 1 heterocycles. The van der Waals surface area contributed by atoms with E-state index in [4.69, 9.17) is 14.7 Å². The van der Waals surface area contributed by atoms with Gasteiger partial charge < -0.3 is 9.47 Å². The minimum atomic E-state index is 0.120. The molecule has 0 fully saturated rings. The van der Waals surface area contributed by atoms with Crippen molar-refractivity contribution in [2.24, 2.45) is 0 Å². The number of rotatable bonds is 1. The molecular formula is C14H17NO2. The monoisotopic (exact) mass is 231 g/mol. The molecule has 1 aromatic rings. The van der Waals surface area contributed by atoms with Gasteiger partial charge in [0.1, 0.15) is 5.75 Å². The van der Waals surface area contributed by atoms with Gasteiger partial charge in [0.25, 0.3) is 0 Å². The number of fused-ring (bicyclic) bond motifs is 1. The van der Waals surface area contributed by atoms with Crippen LogP contribution in [0, 0.1) is 11.3 Å². The molecule has 0 N–H and O–H groups in total. The summed E-state index contributed by atoms with van der Waals surface area (Å²) in [5, 5.41) is 8.89. The Kier molecular flexibility index (Phi) is 4.40. The van der Waals surface area contributed by atoms with E-state index in [2.05, 4.69) is 6.07 Å². The summed E-state index contributed by atoms with van der Waals surface area (Å²) in [4.78, 5) is 0. The molecule has 3 heteroatoms. The molecule has 0 radical (unpaired) electrons. The molecule has 0 amide bonds. The van der Waals surface area contributed by atoms with Crippen molar-refractivity contribution in [3.63, 3.8) is 0 Å². The van der Waals surface area contributed by atoms with Crippen molar-refractivity contribution in [3.05, 3.63) is 29.8 Å². The minimum absolute atomic E-state index is 0.120. The van der Waals surface area contributed by atoms with E-state index in [9.17, 15) is 0 Å². The molecule has 2 rings (SSSR count). The van der Waals surface area contributed by atoms with Crippen molar-refractivity contribution in [1.29, 1.82) is 5.26 Å². The third-order valence-corrected chi connectivity index (χ3v) is 2.96. The van der Waals surface area contributed by atoms with Gasteiger partial charge in [0.2, 0.25) is 0 Å². The summed E-state index contributed by atoms with van der Waals surface area (Å²) in [7, 11) is 0. The summed E-state index contributed by atoms with van der Waals surface area (Å²) < 4.78 is 11.4. The van der Waals surface area contributed by atoms with E-state index >= 15 is 0 Å². The minimum Gasteiger partial charge on any atom is -0.493 e. The van der Waals surface area contributed by atoms with Crippen LogP contribution in [0.5, 0.6) is 5.75 Å². The maximum atomic E-state index is 8.89. The Morgan fingerprint density at radius 3 is 2.94 bits per heavy atom. The summed E-state index contributed by atoms with van der Waals surface area (Å²) in [6.07, 6.45) is 2.50. The second-order valence-electron chi connectivity index (χ2n) is 4.23. The largest absolute Gasteiger partial charge is 0.493 e. The Morgan fingerprint density at radius 1 is 1.24 bits per heavy atom. The second-order valence-corrected chi connectivity index (χ2v) is 4.23. The number of nitrogens with zero attached hydrogens (tertiary/aromatic N) is 1. The van der Waals surface area contributed by atoms with Gasteiger partial charge >= 0.3 is 0 Å². The van der Waals surface area contributed by atoms with E-state index in [1.807, 2.05) is 24.3 Å². The molecule has 0 spiro atoms. The quantitative estimate of drug-likeness (QED) is 0.746. The number of benzene rings is 1. The summed E-state index contributed by atoms with van der Waals surface area (Å²) in [6, 6.07) is 10.2. The van der Waals surface area contributed by atoms with Crippen LogP contribution in [0.4, 0.5) is 0 Å². The van der Waals surface area contributed by atoms with Crippen LogP contribution < -0.4 is 4.74 Å². The zero-order valence-corrected chi connectivity index (χ0v) is 9.89. The predicted octanol–water partition coefficient (Wildman–Crippen LogP) is 2.87. The number of hydrogen-bond donors (Lipinski definition) is 0. The number of hydrogen-bond acceptors (Lipinski definition) is 3. The Hall–Kier alpha value is -1.53. The van der Waals surface area contributed by atoms with Gasteiger partial charge in [-0.3, -0.25) is 0 Å². The van der Waals surface area contributed by atoms with E-state index in [1.165, 1.54) is 0 Å². The first kappa shape index (κ1) is 11.9. The highest BCUT2D eigenvalue weighted by Gasteiger charge is 2.17. The average molecular weight is 231 g/mol. The molecule has 1 aliphatic heterocycles. The Balaban J connectivity index is 2.24.